The molecule has 44 heavy (non-hydrogen) atoms. The van der Waals surface area contributed by atoms with E-state index in [4.69, 9.17) is 26.2 Å². The van der Waals surface area contributed by atoms with Crippen LogP contribution < -0.4 is 5.32 Å². The summed E-state index contributed by atoms with van der Waals surface area (Å²) in [6, 6.07) is 20.8. The Kier molecular flexibility index (Phi) is 15.2. The molecule has 3 aromatic carbocycles. The summed E-state index contributed by atoms with van der Waals surface area (Å²) in [4.78, 5) is 35.8. The highest BCUT2D eigenvalue weighted by Gasteiger charge is 2.36. The van der Waals surface area contributed by atoms with Gasteiger partial charge in [0.1, 0.15) is 6.61 Å². The number of hydrogen-bond donors (Lipinski definition) is 3. The lowest BCUT2D eigenvalue weighted by Gasteiger charge is -2.23. The van der Waals surface area contributed by atoms with E-state index in [-0.39, 0.29) is 6.61 Å². The standard InChI is InChI=1S/C35H44ClNO7/c1-25-16-17-27(23-30(25)36)13-6-3-2-4-11-21-43-32(33(35(41)42)44-24-31(38)39)34(40)37-20-10-5-7-12-26-18-19-28-14-8-9-15-29(28)22-26/h8-9,14-19,22-23,32-33H,2-7,10-13,20-21,24H2,1H3,(H,37,40)(H,38,39)(H,41,42). The van der Waals surface area contributed by atoms with Crippen molar-refractivity contribution >= 4 is 40.2 Å². The van der Waals surface area contributed by atoms with Crippen molar-refractivity contribution in [2.45, 2.75) is 83.3 Å². The number of aryl methyl sites for hydroxylation is 3. The summed E-state index contributed by atoms with van der Waals surface area (Å²) in [5.41, 5.74) is 3.54. The summed E-state index contributed by atoms with van der Waals surface area (Å²) >= 11 is 6.20. The van der Waals surface area contributed by atoms with Gasteiger partial charge in [0, 0.05) is 18.2 Å². The van der Waals surface area contributed by atoms with E-state index in [1.54, 1.807) is 0 Å². The van der Waals surface area contributed by atoms with Gasteiger partial charge in [-0.2, -0.15) is 0 Å². The van der Waals surface area contributed by atoms with E-state index < -0.39 is 36.7 Å². The number of ether oxygens (including phenoxy) is 2. The van der Waals surface area contributed by atoms with E-state index in [1.807, 2.05) is 31.2 Å². The predicted molar refractivity (Wildman–Crippen MR) is 172 cm³/mol. The maximum absolute atomic E-state index is 13.0. The molecule has 0 spiro atoms. The Bertz CT molecular complexity index is 1360. The van der Waals surface area contributed by atoms with Crippen molar-refractivity contribution in [1.82, 2.24) is 5.32 Å². The highest BCUT2D eigenvalue weighted by Crippen LogP contribution is 2.19. The minimum absolute atomic E-state index is 0.164. The molecule has 9 heteroatoms. The lowest BCUT2D eigenvalue weighted by Crippen LogP contribution is -2.49. The number of aliphatic carboxylic acids is 2. The van der Waals surface area contributed by atoms with Gasteiger partial charge in [0.25, 0.3) is 5.91 Å². The van der Waals surface area contributed by atoms with Crippen LogP contribution in [-0.4, -0.2) is 60.0 Å². The maximum Gasteiger partial charge on any atom is 0.336 e. The van der Waals surface area contributed by atoms with Crippen molar-refractivity contribution in [1.29, 1.82) is 0 Å². The number of rotatable bonds is 21. The zero-order valence-corrected chi connectivity index (χ0v) is 26.2. The lowest BCUT2D eigenvalue weighted by molar-refractivity contribution is -0.172. The SMILES string of the molecule is Cc1ccc(CCCCCCCOC(C(=O)NCCCCCc2ccc3ccccc3c2)C(OCC(=O)O)C(=O)O)cc1Cl. The fraction of sp³-hybridized carbons (Fsp3) is 0.457. The average molecular weight is 626 g/mol. The van der Waals surface area contributed by atoms with Gasteiger partial charge in [0.15, 0.2) is 12.2 Å². The molecule has 3 rings (SSSR count). The van der Waals surface area contributed by atoms with Crippen molar-refractivity contribution in [2.75, 3.05) is 19.8 Å². The number of carbonyl (C=O) groups is 3. The topological polar surface area (TPSA) is 122 Å². The molecule has 0 saturated carbocycles. The number of carbonyl (C=O) groups excluding carboxylic acids is 1. The fourth-order valence-electron chi connectivity index (χ4n) is 5.05. The van der Waals surface area contributed by atoms with Crippen LogP contribution in [0.3, 0.4) is 0 Å². The first kappa shape index (κ1) is 35.0. The van der Waals surface area contributed by atoms with Crippen LogP contribution in [0.1, 0.15) is 68.1 Å². The van der Waals surface area contributed by atoms with E-state index >= 15 is 0 Å². The molecular weight excluding hydrogens is 582 g/mol. The zero-order valence-electron chi connectivity index (χ0n) is 25.4. The number of unbranched alkanes of at least 4 members (excludes halogenated alkanes) is 6. The molecule has 238 valence electrons. The molecule has 0 aliphatic rings. The molecule has 0 aliphatic heterocycles. The van der Waals surface area contributed by atoms with Gasteiger partial charge in [-0.1, -0.05) is 91.9 Å². The van der Waals surface area contributed by atoms with Gasteiger partial charge in [0.05, 0.1) is 0 Å². The first-order valence-electron chi connectivity index (χ1n) is 15.4. The Morgan fingerprint density at radius 3 is 2.09 bits per heavy atom. The van der Waals surface area contributed by atoms with Crippen molar-refractivity contribution in [3.63, 3.8) is 0 Å². The number of benzene rings is 3. The van der Waals surface area contributed by atoms with Crippen LogP contribution in [0.15, 0.2) is 60.7 Å². The Morgan fingerprint density at radius 2 is 1.39 bits per heavy atom. The monoisotopic (exact) mass is 625 g/mol. The third-order valence-corrected chi connectivity index (χ3v) is 7.97. The third kappa shape index (κ3) is 12.3. The number of nitrogens with one attached hydrogen (secondary N) is 1. The predicted octanol–water partition coefficient (Wildman–Crippen LogP) is 6.76. The summed E-state index contributed by atoms with van der Waals surface area (Å²) in [6.45, 7) is 1.66. The normalized spacial score (nSPS) is 12.6. The van der Waals surface area contributed by atoms with Crippen molar-refractivity contribution in [3.05, 3.63) is 82.4 Å². The number of amides is 1. The number of carboxylic acids is 2. The average Bonchev–Trinajstić information content (AvgIpc) is 3.00. The summed E-state index contributed by atoms with van der Waals surface area (Å²) in [5, 5.41) is 24.6. The van der Waals surface area contributed by atoms with Crippen LogP contribution in [0, 0.1) is 6.92 Å². The largest absolute Gasteiger partial charge is 0.480 e. The molecule has 0 radical (unpaired) electrons. The fourth-order valence-corrected chi connectivity index (χ4v) is 5.25. The second kappa shape index (κ2) is 19.0. The zero-order chi connectivity index (χ0) is 31.7. The van der Waals surface area contributed by atoms with Crippen molar-refractivity contribution in [3.8, 4) is 0 Å². The molecule has 0 saturated heterocycles. The molecule has 1 amide bonds. The molecular formula is C35H44ClNO7. The summed E-state index contributed by atoms with van der Waals surface area (Å²) in [6.07, 6.45) is 5.77. The van der Waals surface area contributed by atoms with Gasteiger partial charge in [0.2, 0.25) is 0 Å². The molecule has 0 bridgehead atoms. The van der Waals surface area contributed by atoms with Crippen LogP contribution >= 0.6 is 11.6 Å². The van der Waals surface area contributed by atoms with Crippen LogP contribution in [0.5, 0.6) is 0 Å². The lowest BCUT2D eigenvalue weighted by atomic mass is 10.0. The smallest absolute Gasteiger partial charge is 0.336 e. The molecule has 0 aliphatic carbocycles. The quantitative estimate of drug-likeness (QED) is 0.112. The summed E-state index contributed by atoms with van der Waals surface area (Å²) in [5.74, 6) is -3.39. The number of fused-ring (bicyclic) bond motifs is 1. The number of carboxylic acid groups (broad SMARTS) is 2. The van der Waals surface area contributed by atoms with Gasteiger partial charge >= 0.3 is 11.9 Å². The van der Waals surface area contributed by atoms with Crippen LogP contribution in [0.25, 0.3) is 10.8 Å². The Hall–Kier alpha value is -3.46. The molecule has 3 N–H and O–H groups in total. The van der Waals surface area contributed by atoms with Gasteiger partial charge < -0.3 is 25.0 Å². The highest BCUT2D eigenvalue weighted by molar-refractivity contribution is 6.31. The first-order chi connectivity index (χ1) is 21.2. The minimum atomic E-state index is -1.72. The van der Waals surface area contributed by atoms with E-state index in [0.29, 0.717) is 19.4 Å². The van der Waals surface area contributed by atoms with E-state index in [1.165, 1.54) is 21.9 Å². The molecule has 8 nitrogen and oxygen atoms in total. The maximum atomic E-state index is 13.0. The highest BCUT2D eigenvalue weighted by atomic mass is 35.5. The van der Waals surface area contributed by atoms with Crippen LogP contribution in [-0.2, 0) is 36.7 Å². The van der Waals surface area contributed by atoms with Gasteiger partial charge in [-0.3, -0.25) is 4.79 Å². The van der Waals surface area contributed by atoms with Crippen LogP contribution in [0.4, 0.5) is 0 Å². The molecule has 0 heterocycles. The van der Waals surface area contributed by atoms with Gasteiger partial charge in [-0.05, 0) is 79.0 Å². The van der Waals surface area contributed by atoms with Crippen molar-refractivity contribution in [2.24, 2.45) is 0 Å². The number of halogens is 1. The van der Waals surface area contributed by atoms with Gasteiger partial charge in [-0.15, -0.1) is 0 Å². The molecule has 3 aromatic rings. The van der Waals surface area contributed by atoms with Crippen molar-refractivity contribution < 1.29 is 34.1 Å². The molecule has 0 fully saturated rings. The number of hydrogen-bond acceptors (Lipinski definition) is 5. The van der Waals surface area contributed by atoms with E-state index in [2.05, 4.69) is 41.7 Å². The minimum Gasteiger partial charge on any atom is -0.480 e. The van der Waals surface area contributed by atoms with E-state index in [0.717, 1.165) is 62.0 Å². The first-order valence-corrected chi connectivity index (χ1v) is 15.8. The third-order valence-electron chi connectivity index (χ3n) is 7.56. The Balaban J connectivity index is 1.38. The second-order valence-corrected chi connectivity index (χ2v) is 11.5. The Labute approximate surface area is 264 Å². The van der Waals surface area contributed by atoms with Crippen LogP contribution in [0.2, 0.25) is 5.02 Å². The summed E-state index contributed by atoms with van der Waals surface area (Å²) in [7, 11) is 0. The van der Waals surface area contributed by atoms with Gasteiger partial charge in [-0.25, -0.2) is 9.59 Å². The molecule has 0 aromatic heterocycles. The molecule has 2 unspecified atom stereocenters. The Morgan fingerprint density at radius 1 is 0.750 bits per heavy atom. The molecule has 2 atom stereocenters. The summed E-state index contributed by atoms with van der Waals surface area (Å²) < 4.78 is 10.8. The second-order valence-electron chi connectivity index (χ2n) is 11.1. The van der Waals surface area contributed by atoms with E-state index in [9.17, 15) is 19.5 Å².